The number of nitrogens with one attached hydrogen (secondary N) is 2. The van der Waals surface area contributed by atoms with E-state index in [0.29, 0.717) is 23.3 Å². The number of nitrogens with zero attached hydrogens (tertiary/aromatic N) is 1. The van der Waals surface area contributed by atoms with Crippen molar-refractivity contribution in [2.24, 2.45) is 0 Å². The summed E-state index contributed by atoms with van der Waals surface area (Å²) in [5, 5.41) is 4.94. The molecule has 8 heteroatoms. The van der Waals surface area contributed by atoms with Gasteiger partial charge in [0, 0.05) is 18.3 Å². The Kier molecular flexibility index (Phi) is 5.40. The number of benzene rings is 1. The second kappa shape index (κ2) is 7.48. The van der Waals surface area contributed by atoms with Crippen LogP contribution in [-0.4, -0.2) is 29.7 Å². The maximum Gasteiger partial charge on any atom is 0.419 e. The number of amides is 2. The molecule has 0 bridgehead atoms. The number of rotatable bonds is 6. The number of ether oxygens (including phenoxy) is 1. The smallest absolute Gasteiger partial charge is 0.419 e. The van der Waals surface area contributed by atoms with Gasteiger partial charge in [-0.25, -0.2) is 9.59 Å². The lowest BCUT2D eigenvalue weighted by molar-refractivity contribution is -0.141. The van der Waals surface area contributed by atoms with Gasteiger partial charge in [0.25, 0.3) is 0 Å². The van der Waals surface area contributed by atoms with E-state index < -0.39 is 17.8 Å². The average molecular weight is 321 g/mol. The molecular weight excluding hydrogens is 302 g/mol. The van der Waals surface area contributed by atoms with E-state index in [9.17, 15) is 14.4 Å². The van der Waals surface area contributed by atoms with Crippen molar-refractivity contribution >= 4 is 28.8 Å². The summed E-state index contributed by atoms with van der Waals surface area (Å²) >= 11 is 0. The molecule has 0 fully saturated rings. The molecule has 124 valence electrons. The summed E-state index contributed by atoms with van der Waals surface area (Å²) in [6.07, 6.45) is 0.810. The maximum absolute atomic E-state index is 11.7. The Morgan fingerprint density at radius 1 is 1.30 bits per heavy atom. The number of aromatic nitrogens is 1. The Balaban J connectivity index is 2.05. The van der Waals surface area contributed by atoms with Gasteiger partial charge >= 0.3 is 17.8 Å². The van der Waals surface area contributed by atoms with Crippen molar-refractivity contribution in [1.82, 2.24) is 9.88 Å². The minimum Gasteiger partial charge on any atom is -0.465 e. The van der Waals surface area contributed by atoms with Crippen LogP contribution in [0.1, 0.15) is 20.3 Å². The van der Waals surface area contributed by atoms with Gasteiger partial charge in [-0.2, -0.15) is 0 Å². The second-order valence-electron chi connectivity index (χ2n) is 4.81. The molecule has 0 atom stereocenters. The number of fused-ring (bicyclic) bond motifs is 1. The number of urea groups is 1. The SMILES string of the molecule is CCCn1c(=O)oc2cc(NC(=O)NCC(=O)OCC)ccc21. The summed E-state index contributed by atoms with van der Waals surface area (Å²) < 4.78 is 11.4. The quantitative estimate of drug-likeness (QED) is 0.788. The molecule has 2 aromatic rings. The monoisotopic (exact) mass is 321 g/mol. The normalized spacial score (nSPS) is 10.5. The summed E-state index contributed by atoms with van der Waals surface area (Å²) in [5.74, 6) is -0.938. The number of oxazole rings is 1. The van der Waals surface area contributed by atoms with Gasteiger partial charge in [0.2, 0.25) is 0 Å². The van der Waals surface area contributed by atoms with E-state index in [-0.39, 0.29) is 13.2 Å². The van der Waals surface area contributed by atoms with Gasteiger partial charge in [0.1, 0.15) is 6.54 Å². The van der Waals surface area contributed by atoms with Crippen molar-refractivity contribution in [1.29, 1.82) is 0 Å². The number of hydrogen-bond donors (Lipinski definition) is 2. The lowest BCUT2D eigenvalue weighted by Gasteiger charge is -2.07. The van der Waals surface area contributed by atoms with Gasteiger partial charge in [-0.05, 0) is 25.5 Å². The molecule has 1 aromatic carbocycles. The molecule has 23 heavy (non-hydrogen) atoms. The molecule has 0 saturated heterocycles. The van der Waals surface area contributed by atoms with Crippen LogP contribution >= 0.6 is 0 Å². The molecule has 8 nitrogen and oxygen atoms in total. The van der Waals surface area contributed by atoms with Gasteiger partial charge in [0.15, 0.2) is 5.58 Å². The van der Waals surface area contributed by atoms with E-state index >= 15 is 0 Å². The number of anilines is 1. The lowest BCUT2D eigenvalue weighted by atomic mass is 10.3. The Morgan fingerprint density at radius 3 is 2.78 bits per heavy atom. The topological polar surface area (TPSA) is 103 Å². The molecule has 0 aliphatic rings. The van der Waals surface area contributed by atoms with Crippen LogP contribution in [0.3, 0.4) is 0 Å². The van der Waals surface area contributed by atoms with Crippen molar-refractivity contribution in [2.75, 3.05) is 18.5 Å². The highest BCUT2D eigenvalue weighted by atomic mass is 16.5. The molecule has 0 aliphatic heterocycles. The third-order valence-electron chi connectivity index (χ3n) is 3.07. The highest BCUT2D eigenvalue weighted by Crippen LogP contribution is 2.18. The van der Waals surface area contributed by atoms with E-state index in [1.54, 1.807) is 29.7 Å². The van der Waals surface area contributed by atoms with Gasteiger partial charge in [-0.1, -0.05) is 6.92 Å². The molecule has 0 saturated carbocycles. The van der Waals surface area contributed by atoms with Crippen molar-refractivity contribution in [3.05, 3.63) is 28.7 Å². The first kappa shape index (κ1) is 16.6. The zero-order chi connectivity index (χ0) is 16.8. The second-order valence-corrected chi connectivity index (χ2v) is 4.81. The highest BCUT2D eigenvalue weighted by Gasteiger charge is 2.11. The first-order valence-electron chi connectivity index (χ1n) is 7.39. The lowest BCUT2D eigenvalue weighted by Crippen LogP contribution is -2.34. The fourth-order valence-corrected chi connectivity index (χ4v) is 2.12. The number of aryl methyl sites for hydroxylation is 1. The maximum atomic E-state index is 11.7. The first-order chi connectivity index (χ1) is 11.0. The minimum atomic E-state index is -0.548. The molecule has 1 heterocycles. The molecule has 0 unspecified atom stereocenters. The fraction of sp³-hybridized carbons (Fsp3) is 0.400. The van der Waals surface area contributed by atoms with Crippen molar-refractivity contribution in [2.45, 2.75) is 26.8 Å². The summed E-state index contributed by atoms with van der Waals surface area (Å²) in [6.45, 7) is 4.26. The van der Waals surface area contributed by atoms with Crippen LogP contribution in [0.25, 0.3) is 11.1 Å². The summed E-state index contributed by atoms with van der Waals surface area (Å²) in [6, 6.07) is 4.38. The molecular formula is C15H19N3O5. The Bertz CT molecular complexity index is 762. The van der Waals surface area contributed by atoms with E-state index in [1.165, 1.54) is 0 Å². The molecule has 1 aromatic heterocycles. The van der Waals surface area contributed by atoms with Crippen LogP contribution in [0.2, 0.25) is 0 Å². The first-order valence-corrected chi connectivity index (χ1v) is 7.39. The zero-order valence-corrected chi connectivity index (χ0v) is 13.0. The molecule has 0 radical (unpaired) electrons. The fourth-order valence-electron chi connectivity index (χ4n) is 2.12. The van der Waals surface area contributed by atoms with Crippen LogP contribution in [0.4, 0.5) is 10.5 Å². The van der Waals surface area contributed by atoms with Gasteiger partial charge < -0.3 is 19.8 Å². The van der Waals surface area contributed by atoms with E-state index in [2.05, 4.69) is 10.6 Å². The number of carbonyl (C=O) groups is 2. The average Bonchev–Trinajstić information content (AvgIpc) is 2.81. The predicted octanol–water partition coefficient (Wildman–Crippen LogP) is 1.69. The van der Waals surface area contributed by atoms with Gasteiger partial charge in [0.05, 0.1) is 12.1 Å². The molecule has 0 spiro atoms. The Hall–Kier alpha value is -2.77. The van der Waals surface area contributed by atoms with Crippen LogP contribution < -0.4 is 16.4 Å². The van der Waals surface area contributed by atoms with Crippen molar-refractivity contribution in [3.63, 3.8) is 0 Å². The third kappa shape index (κ3) is 4.12. The van der Waals surface area contributed by atoms with Crippen molar-refractivity contribution < 1.29 is 18.7 Å². The third-order valence-corrected chi connectivity index (χ3v) is 3.07. The van der Waals surface area contributed by atoms with Gasteiger partial charge in [-0.3, -0.25) is 9.36 Å². The highest BCUT2D eigenvalue weighted by molar-refractivity contribution is 5.93. The Morgan fingerprint density at radius 2 is 2.09 bits per heavy atom. The number of esters is 1. The minimum absolute atomic E-state index is 0.218. The predicted molar refractivity (Wildman–Crippen MR) is 84.4 cm³/mol. The molecule has 2 amide bonds. The summed E-state index contributed by atoms with van der Waals surface area (Å²) in [7, 11) is 0. The number of carbonyl (C=O) groups excluding carboxylic acids is 2. The van der Waals surface area contributed by atoms with Crippen LogP contribution in [0.15, 0.2) is 27.4 Å². The summed E-state index contributed by atoms with van der Waals surface area (Å²) in [5.41, 5.74) is 1.53. The van der Waals surface area contributed by atoms with Crippen LogP contribution in [-0.2, 0) is 16.1 Å². The number of hydrogen-bond acceptors (Lipinski definition) is 5. The largest absolute Gasteiger partial charge is 0.465 e. The van der Waals surface area contributed by atoms with Crippen LogP contribution in [0.5, 0.6) is 0 Å². The standard InChI is InChI=1S/C15H19N3O5/c1-3-7-18-11-6-5-10(8-12(11)23-15(18)21)17-14(20)16-9-13(19)22-4-2/h5-6,8H,3-4,7,9H2,1-2H3,(H2,16,17,20). The molecule has 0 aliphatic carbocycles. The van der Waals surface area contributed by atoms with E-state index in [4.69, 9.17) is 9.15 Å². The zero-order valence-electron chi connectivity index (χ0n) is 13.0. The Labute approximate surface area is 132 Å². The van der Waals surface area contributed by atoms with E-state index in [0.717, 1.165) is 6.42 Å². The van der Waals surface area contributed by atoms with Crippen LogP contribution in [0, 0.1) is 0 Å². The van der Waals surface area contributed by atoms with Gasteiger partial charge in [-0.15, -0.1) is 0 Å². The van der Waals surface area contributed by atoms with Crippen molar-refractivity contribution in [3.8, 4) is 0 Å². The molecule has 2 rings (SSSR count). The summed E-state index contributed by atoms with van der Waals surface area (Å²) in [4.78, 5) is 34.6. The molecule has 2 N–H and O–H groups in total. The van der Waals surface area contributed by atoms with E-state index in [1.807, 2.05) is 6.92 Å².